The predicted molar refractivity (Wildman–Crippen MR) is 111 cm³/mol. The molecule has 6 nitrogen and oxygen atoms in total. The Labute approximate surface area is 170 Å². The maximum absolute atomic E-state index is 12.8. The fourth-order valence-corrected chi connectivity index (χ4v) is 3.04. The van der Waals surface area contributed by atoms with Gasteiger partial charge in [0.05, 0.1) is 16.6 Å². The quantitative estimate of drug-likeness (QED) is 0.446. The Morgan fingerprint density at radius 3 is 2.45 bits per heavy atom. The molecule has 0 aliphatic rings. The number of rotatable bonds is 5. The van der Waals surface area contributed by atoms with Gasteiger partial charge in [-0.2, -0.15) is 0 Å². The van der Waals surface area contributed by atoms with Gasteiger partial charge < -0.3 is 19.6 Å². The van der Waals surface area contributed by atoms with E-state index in [1.54, 1.807) is 54.6 Å². The number of halogens is 1. The molecule has 1 N–H and O–H groups in total. The van der Waals surface area contributed by atoms with Gasteiger partial charge in [-0.05, 0) is 47.5 Å². The van der Waals surface area contributed by atoms with E-state index in [0.717, 1.165) is 11.1 Å². The highest BCUT2D eigenvalue weighted by Crippen LogP contribution is 2.25. The average molecular weight is 409 g/mol. The van der Waals surface area contributed by atoms with Crippen molar-refractivity contribution in [2.75, 3.05) is 5.23 Å². The first kappa shape index (κ1) is 19.0. The second kappa shape index (κ2) is 7.97. The number of fused-ring (bicyclic) bond motifs is 1. The van der Waals surface area contributed by atoms with Crippen molar-refractivity contribution in [2.45, 2.75) is 6.61 Å². The average Bonchev–Trinajstić information content (AvgIpc) is 2.73. The summed E-state index contributed by atoms with van der Waals surface area (Å²) in [5.41, 5.74) is 2.42. The molecule has 7 heteroatoms. The molecule has 3 aromatic carbocycles. The molecule has 0 spiro atoms. The van der Waals surface area contributed by atoms with Gasteiger partial charge in [-0.1, -0.05) is 35.9 Å². The largest absolute Gasteiger partial charge is 0.733 e. The summed E-state index contributed by atoms with van der Waals surface area (Å²) in [5, 5.41) is 20.5. The summed E-state index contributed by atoms with van der Waals surface area (Å²) in [6.07, 6.45) is 1.43. The van der Waals surface area contributed by atoms with Gasteiger partial charge in [0.1, 0.15) is 24.2 Å². The Kier molecular flexibility index (Phi) is 5.22. The Bertz CT molecular complexity index is 1200. The van der Waals surface area contributed by atoms with Gasteiger partial charge in [-0.25, -0.2) is 0 Å². The van der Waals surface area contributed by atoms with E-state index in [0.29, 0.717) is 27.3 Å². The highest BCUT2D eigenvalue weighted by atomic mass is 35.5. The van der Waals surface area contributed by atoms with E-state index in [1.807, 2.05) is 0 Å². The van der Waals surface area contributed by atoms with Crippen LogP contribution in [0.3, 0.4) is 0 Å². The van der Waals surface area contributed by atoms with Crippen molar-refractivity contribution in [3.05, 3.63) is 99.0 Å². The summed E-state index contributed by atoms with van der Waals surface area (Å²) in [7, 11) is 0. The maximum atomic E-state index is 12.8. The molecule has 1 aromatic heterocycles. The van der Waals surface area contributed by atoms with E-state index < -0.39 is 0 Å². The van der Waals surface area contributed by atoms with Crippen LogP contribution in [0.5, 0.6) is 5.75 Å². The first-order valence-corrected chi connectivity index (χ1v) is 9.08. The Morgan fingerprint density at radius 2 is 1.76 bits per heavy atom. The molecule has 146 valence electrons. The van der Waals surface area contributed by atoms with Gasteiger partial charge >= 0.3 is 0 Å². The van der Waals surface area contributed by atoms with Gasteiger partial charge in [-0.3, -0.25) is 10.0 Å². The zero-order chi connectivity index (χ0) is 20.4. The molecule has 0 aliphatic carbocycles. The molecular formula is C22H15ClNO5-. The predicted octanol–water partition coefficient (Wildman–Crippen LogP) is 5.39. The van der Waals surface area contributed by atoms with Crippen LogP contribution in [0, 0.1) is 5.21 Å². The monoisotopic (exact) mass is 408 g/mol. The first-order chi connectivity index (χ1) is 14.0. The molecule has 0 atom stereocenters. The standard InChI is InChI=1S/C22H15ClNO5/c23-16-5-3-15(4-6-16)20-13-29-21-11-18(9-10-19(21)22(20)25)28-12-14-1-7-17(8-2-14)24(26)27/h1-11,13,26H,12H2/q-1. The number of nitrogens with zero attached hydrogens (tertiary/aromatic N) is 1. The SMILES string of the molecule is O=c1c(-c2ccc(Cl)cc2)coc2cc(OCc3ccc(N([O-])O)cc3)ccc12. The minimum absolute atomic E-state index is 0.137. The van der Waals surface area contributed by atoms with Gasteiger partial charge in [0.25, 0.3) is 0 Å². The molecule has 4 aromatic rings. The molecule has 0 radical (unpaired) electrons. The van der Waals surface area contributed by atoms with Crippen LogP contribution in [0.25, 0.3) is 22.1 Å². The summed E-state index contributed by atoms with van der Waals surface area (Å²) in [6.45, 7) is 0.253. The van der Waals surface area contributed by atoms with E-state index in [9.17, 15) is 10.0 Å². The van der Waals surface area contributed by atoms with Gasteiger partial charge in [0.15, 0.2) is 5.43 Å². The molecule has 0 saturated heterocycles. The van der Waals surface area contributed by atoms with Crippen molar-refractivity contribution in [3.8, 4) is 16.9 Å². The topological polar surface area (TPSA) is 86.0 Å². The van der Waals surface area contributed by atoms with Crippen LogP contribution in [-0.2, 0) is 6.61 Å². The fraction of sp³-hybridized carbons (Fsp3) is 0.0455. The van der Waals surface area contributed by atoms with E-state index in [4.69, 9.17) is 26.0 Å². The van der Waals surface area contributed by atoms with Gasteiger partial charge in [0, 0.05) is 11.1 Å². The van der Waals surface area contributed by atoms with Crippen molar-refractivity contribution in [3.63, 3.8) is 0 Å². The summed E-state index contributed by atoms with van der Waals surface area (Å²) >= 11 is 5.90. The normalized spacial score (nSPS) is 10.9. The van der Waals surface area contributed by atoms with Crippen molar-refractivity contribution < 1.29 is 14.4 Å². The van der Waals surface area contributed by atoms with Crippen LogP contribution in [-0.4, -0.2) is 5.21 Å². The fourth-order valence-electron chi connectivity index (χ4n) is 2.91. The molecule has 0 unspecified atom stereocenters. The summed E-state index contributed by atoms with van der Waals surface area (Å²) in [5.74, 6) is 0.538. The van der Waals surface area contributed by atoms with Crippen LogP contribution in [0.15, 0.2) is 82.2 Å². The second-order valence-electron chi connectivity index (χ2n) is 6.37. The maximum Gasteiger partial charge on any atom is 0.200 e. The molecule has 0 amide bonds. The highest BCUT2D eigenvalue weighted by molar-refractivity contribution is 6.30. The molecule has 0 bridgehead atoms. The number of ether oxygens (including phenoxy) is 1. The zero-order valence-corrected chi connectivity index (χ0v) is 15.8. The minimum atomic E-state index is -0.200. The Hall–Kier alpha value is -3.32. The molecule has 4 rings (SSSR count). The number of hydrogen-bond acceptors (Lipinski definition) is 6. The van der Waals surface area contributed by atoms with E-state index in [1.165, 1.54) is 18.4 Å². The van der Waals surface area contributed by atoms with E-state index in [-0.39, 0.29) is 22.9 Å². The first-order valence-electron chi connectivity index (χ1n) is 8.70. The lowest BCUT2D eigenvalue weighted by Gasteiger charge is -2.21. The lowest BCUT2D eigenvalue weighted by molar-refractivity contribution is 0.295. The van der Waals surface area contributed by atoms with Crippen molar-refractivity contribution in [1.29, 1.82) is 0 Å². The molecule has 0 aliphatic heterocycles. The van der Waals surface area contributed by atoms with Crippen molar-refractivity contribution in [1.82, 2.24) is 0 Å². The van der Waals surface area contributed by atoms with E-state index >= 15 is 0 Å². The Balaban J connectivity index is 1.56. The summed E-state index contributed by atoms with van der Waals surface area (Å²) in [4.78, 5) is 12.8. The lowest BCUT2D eigenvalue weighted by Crippen LogP contribution is -2.07. The van der Waals surface area contributed by atoms with Gasteiger partial charge in [-0.15, -0.1) is 0 Å². The van der Waals surface area contributed by atoms with Crippen molar-refractivity contribution in [2.24, 2.45) is 0 Å². The molecular weight excluding hydrogens is 394 g/mol. The molecule has 0 saturated carbocycles. The van der Waals surface area contributed by atoms with Crippen LogP contribution in [0.1, 0.15) is 5.56 Å². The minimum Gasteiger partial charge on any atom is -0.733 e. The number of anilines is 1. The Morgan fingerprint density at radius 1 is 1.03 bits per heavy atom. The summed E-state index contributed by atoms with van der Waals surface area (Å²) in [6, 6.07) is 18.3. The third-order valence-electron chi connectivity index (χ3n) is 4.46. The zero-order valence-electron chi connectivity index (χ0n) is 15.0. The van der Waals surface area contributed by atoms with Crippen LogP contribution < -0.4 is 15.4 Å². The lowest BCUT2D eigenvalue weighted by atomic mass is 10.1. The molecule has 29 heavy (non-hydrogen) atoms. The van der Waals surface area contributed by atoms with Crippen molar-refractivity contribution >= 4 is 28.3 Å². The summed E-state index contributed by atoms with van der Waals surface area (Å²) < 4.78 is 11.4. The smallest absolute Gasteiger partial charge is 0.200 e. The molecule has 1 heterocycles. The van der Waals surface area contributed by atoms with Gasteiger partial charge in [0.2, 0.25) is 0 Å². The number of benzene rings is 3. The van der Waals surface area contributed by atoms with Crippen LogP contribution in [0.2, 0.25) is 5.02 Å². The third-order valence-corrected chi connectivity index (χ3v) is 4.72. The molecule has 0 fully saturated rings. The highest BCUT2D eigenvalue weighted by Gasteiger charge is 2.10. The number of hydrogen-bond donors (Lipinski definition) is 1. The second-order valence-corrected chi connectivity index (χ2v) is 6.81. The van der Waals surface area contributed by atoms with E-state index in [2.05, 4.69) is 0 Å². The van der Waals surface area contributed by atoms with Crippen LogP contribution in [0.4, 0.5) is 5.69 Å². The van der Waals surface area contributed by atoms with Crippen LogP contribution >= 0.6 is 11.6 Å². The third kappa shape index (κ3) is 4.09.